The number of ether oxygens (including phenoxy) is 1. The molecule has 0 heterocycles. The molecule has 1 rings (SSSR count). The van der Waals surface area contributed by atoms with Crippen molar-refractivity contribution in [1.29, 1.82) is 0 Å². The molecule has 1 N–H and O–H groups in total. The lowest BCUT2D eigenvalue weighted by molar-refractivity contribution is -0.122. The fraction of sp³-hybridized carbons (Fsp3) is 0.286. The molecule has 6 heteroatoms. The molecule has 0 bridgehead atoms. The minimum atomic E-state index is -0.295. The fourth-order valence-electron chi connectivity index (χ4n) is 1.39. The van der Waals surface area contributed by atoms with Crippen LogP contribution in [0.2, 0.25) is 10.0 Å². The van der Waals surface area contributed by atoms with Crippen molar-refractivity contribution in [2.45, 2.75) is 13.3 Å². The van der Waals surface area contributed by atoms with Gasteiger partial charge in [-0.2, -0.15) is 0 Å². The summed E-state index contributed by atoms with van der Waals surface area (Å²) in [6.45, 7) is 5.33. The van der Waals surface area contributed by atoms with Crippen molar-refractivity contribution in [3.8, 4) is 5.75 Å². The Hall–Kier alpha value is -1.52. The SMILES string of the molecule is C=C(CC)C(=O)c1ccc(OCC(=O)NC)c(Cl)c1Cl. The summed E-state index contributed by atoms with van der Waals surface area (Å²) in [5, 5.41) is 2.62. The van der Waals surface area contributed by atoms with Gasteiger partial charge in [-0.15, -0.1) is 0 Å². The molecule has 0 spiro atoms. The van der Waals surface area contributed by atoms with Crippen LogP contribution in [0.25, 0.3) is 0 Å². The number of carbonyl (C=O) groups is 2. The van der Waals surface area contributed by atoms with Crippen LogP contribution in [0.15, 0.2) is 24.3 Å². The predicted molar refractivity (Wildman–Crippen MR) is 79.8 cm³/mol. The first-order valence-corrected chi connectivity index (χ1v) is 6.71. The van der Waals surface area contributed by atoms with Gasteiger partial charge in [-0.25, -0.2) is 0 Å². The lowest BCUT2D eigenvalue weighted by Crippen LogP contribution is -2.24. The van der Waals surface area contributed by atoms with Crippen LogP contribution in [0.3, 0.4) is 0 Å². The number of likely N-dealkylation sites (N-methyl/N-ethyl adjacent to an activating group) is 1. The standard InChI is InChI=1S/C14H15Cl2NO3/c1-4-8(2)14(19)9-5-6-10(13(16)12(9)15)20-7-11(18)17-3/h5-6H,2,4,7H2,1,3H3,(H,17,18). The Kier molecular flexibility index (Phi) is 6.05. The van der Waals surface area contributed by atoms with Gasteiger partial charge in [0, 0.05) is 12.6 Å². The number of Topliss-reactive ketones (excluding diaryl/α,β-unsaturated/α-hetero) is 1. The second-order valence-corrected chi connectivity index (χ2v) is 4.74. The van der Waals surface area contributed by atoms with Crippen molar-refractivity contribution >= 4 is 34.9 Å². The van der Waals surface area contributed by atoms with Crippen LogP contribution >= 0.6 is 23.2 Å². The molecule has 20 heavy (non-hydrogen) atoms. The lowest BCUT2D eigenvalue weighted by Gasteiger charge is -2.11. The van der Waals surface area contributed by atoms with Crippen LogP contribution in [-0.2, 0) is 4.79 Å². The van der Waals surface area contributed by atoms with E-state index in [0.29, 0.717) is 12.0 Å². The predicted octanol–water partition coefficient (Wildman–Crippen LogP) is 3.27. The van der Waals surface area contributed by atoms with Gasteiger partial charge in [0.05, 0.1) is 5.02 Å². The molecule has 4 nitrogen and oxygen atoms in total. The molecule has 0 aromatic heterocycles. The van der Waals surface area contributed by atoms with Crippen LogP contribution in [0.5, 0.6) is 5.75 Å². The zero-order chi connectivity index (χ0) is 15.3. The van der Waals surface area contributed by atoms with Crippen molar-refractivity contribution in [1.82, 2.24) is 5.32 Å². The van der Waals surface area contributed by atoms with Gasteiger partial charge in [-0.05, 0) is 24.1 Å². The van der Waals surface area contributed by atoms with E-state index in [1.54, 1.807) is 0 Å². The monoisotopic (exact) mass is 315 g/mol. The highest BCUT2D eigenvalue weighted by atomic mass is 35.5. The van der Waals surface area contributed by atoms with Gasteiger partial charge < -0.3 is 10.1 Å². The zero-order valence-electron chi connectivity index (χ0n) is 11.3. The number of allylic oxidation sites excluding steroid dienone is 1. The molecule has 0 saturated carbocycles. The van der Waals surface area contributed by atoms with Crippen molar-refractivity contribution in [2.75, 3.05) is 13.7 Å². The van der Waals surface area contributed by atoms with Gasteiger partial charge in [-0.3, -0.25) is 9.59 Å². The summed E-state index contributed by atoms with van der Waals surface area (Å²) < 4.78 is 5.23. The molecular weight excluding hydrogens is 301 g/mol. The zero-order valence-corrected chi connectivity index (χ0v) is 12.8. The summed E-state index contributed by atoms with van der Waals surface area (Å²) >= 11 is 12.1. The number of halogens is 2. The van der Waals surface area contributed by atoms with E-state index in [4.69, 9.17) is 27.9 Å². The second-order valence-electron chi connectivity index (χ2n) is 3.99. The third-order valence-electron chi connectivity index (χ3n) is 2.68. The van der Waals surface area contributed by atoms with E-state index in [-0.39, 0.29) is 39.7 Å². The molecule has 0 radical (unpaired) electrons. The number of hydrogen-bond acceptors (Lipinski definition) is 3. The Morgan fingerprint density at radius 1 is 1.30 bits per heavy atom. The third-order valence-corrected chi connectivity index (χ3v) is 3.54. The summed E-state index contributed by atoms with van der Waals surface area (Å²) in [6.07, 6.45) is 0.529. The molecule has 0 atom stereocenters. The number of ketones is 1. The van der Waals surface area contributed by atoms with E-state index in [1.807, 2.05) is 6.92 Å². The quantitative estimate of drug-likeness (QED) is 0.647. The molecule has 1 aromatic carbocycles. The molecule has 1 amide bonds. The van der Waals surface area contributed by atoms with Crippen LogP contribution in [0.4, 0.5) is 0 Å². The Morgan fingerprint density at radius 3 is 2.50 bits per heavy atom. The Morgan fingerprint density at radius 2 is 1.95 bits per heavy atom. The van der Waals surface area contributed by atoms with Gasteiger partial charge in [0.15, 0.2) is 12.4 Å². The first-order chi connectivity index (χ1) is 9.42. The van der Waals surface area contributed by atoms with E-state index in [0.717, 1.165) is 0 Å². The minimum Gasteiger partial charge on any atom is -0.482 e. The highest BCUT2D eigenvalue weighted by Crippen LogP contribution is 2.35. The molecule has 1 aromatic rings. The Bertz CT molecular complexity index is 556. The van der Waals surface area contributed by atoms with Crippen LogP contribution in [0.1, 0.15) is 23.7 Å². The number of carbonyl (C=O) groups excluding carboxylic acids is 2. The molecule has 0 unspecified atom stereocenters. The second kappa shape index (κ2) is 7.31. The molecule has 0 aliphatic rings. The third kappa shape index (κ3) is 3.74. The fourth-order valence-corrected chi connectivity index (χ4v) is 1.85. The van der Waals surface area contributed by atoms with Gasteiger partial charge in [-0.1, -0.05) is 36.7 Å². The van der Waals surface area contributed by atoms with Crippen LogP contribution in [0, 0.1) is 0 Å². The first-order valence-electron chi connectivity index (χ1n) is 5.96. The largest absolute Gasteiger partial charge is 0.482 e. The number of nitrogens with one attached hydrogen (secondary N) is 1. The molecule has 0 aliphatic heterocycles. The maximum Gasteiger partial charge on any atom is 0.257 e. The van der Waals surface area contributed by atoms with E-state index in [2.05, 4.69) is 11.9 Å². The lowest BCUT2D eigenvalue weighted by atomic mass is 10.0. The summed E-state index contributed by atoms with van der Waals surface area (Å²) in [5.74, 6) is -0.298. The minimum absolute atomic E-state index is 0.0978. The average Bonchev–Trinajstić information content (AvgIpc) is 2.46. The van der Waals surface area contributed by atoms with Gasteiger partial charge in [0.1, 0.15) is 10.8 Å². The molecule has 0 aliphatic carbocycles. The summed E-state index contributed by atoms with van der Waals surface area (Å²) in [4.78, 5) is 23.1. The highest BCUT2D eigenvalue weighted by Gasteiger charge is 2.18. The van der Waals surface area contributed by atoms with Crippen LogP contribution < -0.4 is 10.1 Å². The summed E-state index contributed by atoms with van der Waals surface area (Å²) in [5.41, 5.74) is 0.720. The molecule has 108 valence electrons. The number of benzene rings is 1. The van der Waals surface area contributed by atoms with E-state index >= 15 is 0 Å². The van der Waals surface area contributed by atoms with E-state index in [1.165, 1.54) is 19.2 Å². The van der Waals surface area contributed by atoms with Crippen LogP contribution in [-0.4, -0.2) is 25.3 Å². The number of hydrogen-bond donors (Lipinski definition) is 1. The molecule has 0 saturated heterocycles. The maximum absolute atomic E-state index is 12.0. The van der Waals surface area contributed by atoms with Gasteiger partial charge in [0.2, 0.25) is 0 Å². The Balaban J connectivity index is 3.00. The average molecular weight is 316 g/mol. The number of rotatable bonds is 6. The summed E-state index contributed by atoms with van der Waals surface area (Å²) in [6, 6.07) is 3.02. The molecular formula is C14H15Cl2NO3. The normalized spacial score (nSPS) is 10.0. The smallest absolute Gasteiger partial charge is 0.257 e. The Labute approximate surface area is 127 Å². The van der Waals surface area contributed by atoms with Crippen molar-refractivity contribution in [2.24, 2.45) is 0 Å². The first kappa shape index (κ1) is 16.5. The van der Waals surface area contributed by atoms with E-state index in [9.17, 15) is 9.59 Å². The van der Waals surface area contributed by atoms with Gasteiger partial charge in [0.25, 0.3) is 5.91 Å². The topological polar surface area (TPSA) is 55.4 Å². The van der Waals surface area contributed by atoms with Crippen molar-refractivity contribution in [3.05, 3.63) is 39.9 Å². The molecule has 0 fully saturated rings. The van der Waals surface area contributed by atoms with Crippen molar-refractivity contribution in [3.63, 3.8) is 0 Å². The highest BCUT2D eigenvalue weighted by molar-refractivity contribution is 6.45. The summed E-state index contributed by atoms with van der Waals surface area (Å²) in [7, 11) is 1.50. The number of amides is 1. The maximum atomic E-state index is 12.0. The van der Waals surface area contributed by atoms with Crippen molar-refractivity contribution < 1.29 is 14.3 Å². The van der Waals surface area contributed by atoms with Gasteiger partial charge >= 0.3 is 0 Å². The van der Waals surface area contributed by atoms with E-state index < -0.39 is 0 Å².